The molecule has 0 aliphatic carbocycles. The number of hydrogen-bond acceptors (Lipinski definition) is 2. The predicted octanol–water partition coefficient (Wildman–Crippen LogP) is 1.13. The maximum atomic E-state index is 10.6. The summed E-state index contributed by atoms with van der Waals surface area (Å²) in [6.45, 7) is 1.91. The van der Waals surface area contributed by atoms with Crippen molar-refractivity contribution in [3.63, 3.8) is 0 Å². The van der Waals surface area contributed by atoms with Crippen LogP contribution in [-0.4, -0.2) is 16.0 Å². The summed E-state index contributed by atoms with van der Waals surface area (Å²) >= 11 is 2.10. The van der Waals surface area contributed by atoms with E-state index < -0.39 is 0 Å². The predicted molar refractivity (Wildman–Crippen MR) is 38.0 cm³/mol. The number of carbonyl (C=O) groups is 1. The fourth-order valence-electron chi connectivity index (χ4n) is 0.708. The molecule has 1 saturated heterocycles. The van der Waals surface area contributed by atoms with Crippen molar-refractivity contribution in [2.24, 2.45) is 0 Å². The molecule has 0 bridgehead atoms. The van der Waals surface area contributed by atoms with Crippen molar-refractivity contribution in [3.05, 3.63) is 0 Å². The number of esters is 1. The highest BCUT2D eigenvalue weighted by molar-refractivity contribution is 14.1. The Morgan fingerprint density at radius 3 is 2.62 bits per heavy atom. The number of ether oxygens (including phenoxy) is 1. The van der Waals surface area contributed by atoms with Crippen LogP contribution in [0.25, 0.3) is 0 Å². The first-order chi connectivity index (χ1) is 3.70. The van der Waals surface area contributed by atoms with E-state index in [4.69, 9.17) is 4.74 Å². The lowest BCUT2D eigenvalue weighted by atomic mass is 10.3. The molecule has 2 unspecified atom stereocenters. The first kappa shape index (κ1) is 6.32. The van der Waals surface area contributed by atoms with Crippen LogP contribution in [0.15, 0.2) is 0 Å². The van der Waals surface area contributed by atoms with Gasteiger partial charge in [0.1, 0.15) is 10.0 Å². The van der Waals surface area contributed by atoms with E-state index >= 15 is 0 Å². The molecular weight excluding hydrogens is 219 g/mol. The molecule has 0 aromatic rings. The molecule has 1 heterocycles. The monoisotopic (exact) mass is 226 g/mol. The van der Waals surface area contributed by atoms with E-state index in [9.17, 15) is 4.79 Å². The average Bonchev–Trinajstić information content (AvgIpc) is 1.85. The third-order valence-electron chi connectivity index (χ3n) is 1.11. The fourth-order valence-corrected chi connectivity index (χ4v) is 1.57. The average molecular weight is 226 g/mol. The van der Waals surface area contributed by atoms with Gasteiger partial charge in [-0.3, -0.25) is 4.79 Å². The number of cyclic esters (lactones) is 1. The van der Waals surface area contributed by atoms with Gasteiger partial charge >= 0.3 is 5.97 Å². The topological polar surface area (TPSA) is 26.3 Å². The fraction of sp³-hybridized carbons (Fsp3) is 0.800. The number of hydrogen-bond donors (Lipinski definition) is 0. The third kappa shape index (κ3) is 1.13. The largest absolute Gasteiger partial charge is 0.462 e. The molecule has 0 amide bonds. The van der Waals surface area contributed by atoms with Crippen LogP contribution in [0.1, 0.15) is 13.3 Å². The second-order valence-electron chi connectivity index (χ2n) is 1.95. The van der Waals surface area contributed by atoms with Crippen LogP contribution in [0.2, 0.25) is 0 Å². The summed E-state index contributed by atoms with van der Waals surface area (Å²) in [6, 6.07) is 0. The molecule has 2 nitrogen and oxygen atoms in total. The number of rotatable bonds is 0. The van der Waals surface area contributed by atoms with Crippen LogP contribution in [-0.2, 0) is 9.53 Å². The summed E-state index contributed by atoms with van der Waals surface area (Å²) in [7, 11) is 0. The van der Waals surface area contributed by atoms with E-state index in [0.29, 0.717) is 0 Å². The minimum absolute atomic E-state index is 0.0573. The molecule has 0 aromatic carbocycles. The quantitative estimate of drug-likeness (QED) is 0.351. The SMILES string of the molecule is CC1CC(I)C(=O)O1. The Bertz CT molecular complexity index is 113. The van der Waals surface area contributed by atoms with Crippen LogP contribution in [0.4, 0.5) is 0 Å². The lowest BCUT2D eigenvalue weighted by Crippen LogP contribution is -2.04. The summed E-state index contributed by atoms with van der Waals surface area (Å²) in [5.41, 5.74) is 0. The summed E-state index contributed by atoms with van der Waals surface area (Å²) in [5, 5.41) is 0. The second-order valence-corrected chi connectivity index (χ2v) is 3.45. The smallest absolute Gasteiger partial charge is 0.319 e. The third-order valence-corrected chi connectivity index (χ3v) is 2.13. The first-order valence-corrected chi connectivity index (χ1v) is 3.79. The van der Waals surface area contributed by atoms with Crippen molar-refractivity contribution in [1.82, 2.24) is 0 Å². The summed E-state index contributed by atoms with van der Waals surface area (Å²) in [4.78, 5) is 10.6. The summed E-state index contributed by atoms with van der Waals surface area (Å²) in [6.07, 6.45) is 1.02. The molecule has 46 valence electrons. The minimum atomic E-state index is -0.0573. The van der Waals surface area contributed by atoms with Crippen LogP contribution >= 0.6 is 22.6 Å². The Hall–Kier alpha value is 0.200. The van der Waals surface area contributed by atoms with E-state index in [-0.39, 0.29) is 16.0 Å². The van der Waals surface area contributed by atoms with Crippen molar-refractivity contribution in [3.8, 4) is 0 Å². The van der Waals surface area contributed by atoms with E-state index in [1.54, 1.807) is 0 Å². The Morgan fingerprint density at radius 1 is 1.88 bits per heavy atom. The summed E-state index contributed by atoms with van der Waals surface area (Å²) < 4.78 is 4.93. The Balaban J connectivity index is 2.51. The van der Waals surface area contributed by atoms with Gasteiger partial charge in [-0.25, -0.2) is 0 Å². The van der Waals surface area contributed by atoms with E-state index in [1.807, 2.05) is 6.92 Å². The van der Waals surface area contributed by atoms with Crippen molar-refractivity contribution >= 4 is 28.6 Å². The van der Waals surface area contributed by atoms with E-state index in [0.717, 1.165) is 6.42 Å². The number of halogens is 1. The molecule has 1 rings (SSSR count). The van der Waals surface area contributed by atoms with Crippen LogP contribution in [0, 0.1) is 0 Å². The van der Waals surface area contributed by atoms with Crippen LogP contribution in [0.3, 0.4) is 0 Å². The van der Waals surface area contributed by atoms with Gasteiger partial charge in [-0.1, -0.05) is 22.6 Å². The maximum absolute atomic E-state index is 10.6. The van der Waals surface area contributed by atoms with Gasteiger partial charge in [-0.15, -0.1) is 0 Å². The first-order valence-electron chi connectivity index (χ1n) is 2.54. The van der Waals surface area contributed by atoms with Gasteiger partial charge in [0.25, 0.3) is 0 Å². The van der Waals surface area contributed by atoms with Gasteiger partial charge in [0.2, 0.25) is 0 Å². The zero-order valence-electron chi connectivity index (χ0n) is 4.56. The Labute approximate surface area is 61.7 Å². The highest BCUT2D eigenvalue weighted by Gasteiger charge is 2.28. The molecule has 3 heteroatoms. The van der Waals surface area contributed by atoms with Gasteiger partial charge in [-0.05, 0) is 6.92 Å². The molecular formula is C5H7IO2. The molecule has 0 spiro atoms. The second kappa shape index (κ2) is 2.21. The van der Waals surface area contributed by atoms with Gasteiger partial charge in [0.15, 0.2) is 0 Å². The van der Waals surface area contributed by atoms with Crippen LogP contribution in [0.5, 0.6) is 0 Å². The maximum Gasteiger partial charge on any atom is 0.319 e. The Morgan fingerprint density at radius 2 is 2.50 bits per heavy atom. The van der Waals surface area contributed by atoms with Crippen molar-refractivity contribution < 1.29 is 9.53 Å². The van der Waals surface area contributed by atoms with Crippen molar-refractivity contribution in [2.75, 3.05) is 0 Å². The van der Waals surface area contributed by atoms with Gasteiger partial charge in [0, 0.05) is 6.42 Å². The lowest BCUT2D eigenvalue weighted by Gasteiger charge is -1.95. The van der Waals surface area contributed by atoms with E-state index in [2.05, 4.69) is 22.6 Å². The Kier molecular flexibility index (Phi) is 1.74. The minimum Gasteiger partial charge on any atom is -0.462 e. The molecule has 2 atom stereocenters. The van der Waals surface area contributed by atoms with Crippen molar-refractivity contribution in [2.45, 2.75) is 23.4 Å². The molecule has 1 fully saturated rings. The zero-order valence-corrected chi connectivity index (χ0v) is 6.71. The molecule has 1 aliphatic rings. The number of carbonyl (C=O) groups excluding carboxylic acids is 1. The molecule has 1 aliphatic heterocycles. The van der Waals surface area contributed by atoms with Gasteiger partial charge in [-0.2, -0.15) is 0 Å². The van der Waals surface area contributed by atoms with Crippen molar-refractivity contribution in [1.29, 1.82) is 0 Å². The highest BCUT2D eigenvalue weighted by Crippen LogP contribution is 2.20. The zero-order chi connectivity index (χ0) is 6.15. The highest BCUT2D eigenvalue weighted by atomic mass is 127. The molecule has 0 saturated carbocycles. The summed E-state index contributed by atoms with van der Waals surface area (Å²) in [5.74, 6) is -0.0573. The number of alkyl halides is 1. The molecule has 0 aromatic heterocycles. The van der Waals surface area contributed by atoms with Gasteiger partial charge in [0.05, 0.1) is 0 Å². The lowest BCUT2D eigenvalue weighted by molar-refractivity contribution is -0.140. The van der Waals surface area contributed by atoms with Gasteiger partial charge < -0.3 is 4.74 Å². The standard InChI is InChI=1S/C5H7IO2/c1-3-2-4(6)5(7)8-3/h3-4H,2H2,1H3. The van der Waals surface area contributed by atoms with Crippen LogP contribution < -0.4 is 0 Å². The normalized spacial score (nSPS) is 37.5. The van der Waals surface area contributed by atoms with E-state index in [1.165, 1.54) is 0 Å². The molecule has 8 heavy (non-hydrogen) atoms. The molecule has 0 radical (unpaired) electrons. The molecule has 0 N–H and O–H groups in total.